The van der Waals surface area contributed by atoms with E-state index in [9.17, 15) is 0 Å². The predicted molar refractivity (Wildman–Crippen MR) is 75.5 cm³/mol. The fraction of sp³-hybridized carbons (Fsp3) is 0.867. The fourth-order valence-electron chi connectivity index (χ4n) is 3.64. The summed E-state index contributed by atoms with van der Waals surface area (Å²) in [6.45, 7) is 1.06. The van der Waals surface area contributed by atoms with E-state index >= 15 is 0 Å². The molecule has 1 aliphatic heterocycles. The minimum absolute atomic E-state index is 0.110. The van der Waals surface area contributed by atoms with E-state index in [4.69, 9.17) is 9.84 Å². The van der Waals surface area contributed by atoms with Crippen LogP contribution in [-0.4, -0.2) is 38.9 Å². The van der Waals surface area contributed by atoms with Gasteiger partial charge in [-0.15, -0.1) is 5.10 Å². The maximum atomic E-state index is 8.88. The summed E-state index contributed by atoms with van der Waals surface area (Å²) in [5.41, 5.74) is 1.10. The summed E-state index contributed by atoms with van der Waals surface area (Å²) in [5, 5.41) is 17.4. The third-order valence-corrected chi connectivity index (χ3v) is 4.75. The molecule has 0 radical (unpaired) electrons. The molecule has 1 aromatic rings. The van der Waals surface area contributed by atoms with E-state index in [0.29, 0.717) is 6.04 Å². The highest BCUT2D eigenvalue weighted by Crippen LogP contribution is 2.41. The van der Waals surface area contributed by atoms with Gasteiger partial charge in [-0.05, 0) is 38.5 Å². The maximum absolute atomic E-state index is 8.88. The van der Waals surface area contributed by atoms with Crippen LogP contribution in [0.2, 0.25) is 0 Å². The van der Waals surface area contributed by atoms with Crippen LogP contribution in [0.25, 0.3) is 0 Å². The van der Waals surface area contributed by atoms with Crippen molar-refractivity contribution in [2.24, 2.45) is 0 Å². The van der Waals surface area contributed by atoms with Gasteiger partial charge in [0.05, 0.1) is 17.3 Å². The monoisotopic (exact) mass is 279 g/mol. The molecule has 0 bridgehead atoms. The first-order valence-corrected chi connectivity index (χ1v) is 7.97. The number of aliphatic hydroxyl groups excluding tert-OH is 1. The van der Waals surface area contributed by atoms with Crippen molar-refractivity contribution in [2.45, 2.75) is 69.4 Å². The highest BCUT2D eigenvalue weighted by atomic mass is 16.5. The van der Waals surface area contributed by atoms with Gasteiger partial charge in [-0.3, -0.25) is 0 Å². The maximum Gasteiger partial charge on any atom is 0.0828 e. The average molecular weight is 279 g/mol. The third-order valence-electron chi connectivity index (χ3n) is 4.75. The highest BCUT2D eigenvalue weighted by molar-refractivity contribution is 4.97. The topological polar surface area (TPSA) is 60.2 Å². The second-order valence-electron chi connectivity index (χ2n) is 6.26. The number of nitrogens with zero attached hydrogens (tertiary/aromatic N) is 3. The molecule has 1 spiro atoms. The molecule has 5 nitrogen and oxygen atoms in total. The molecule has 0 aromatic carbocycles. The normalized spacial score (nSPS) is 25.9. The van der Waals surface area contributed by atoms with Crippen molar-refractivity contribution in [3.8, 4) is 0 Å². The first-order chi connectivity index (χ1) is 9.81. The predicted octanol–water partition coefficient (Wildman–Crippen LogP) is 2.26. The average Bonchev–Trinajstić information content (AvgIpc) is 2.95. The lowest BCUT2D eigenvalue weighted by Gasteiger charge is -2.43. The van der Waals surface area contributed by atoms with Gasteiger partial charge in [-0.25, -0.2) is 4.68 Å². The van der Waals surface area contributed by atoms with Crippen molar-refractivity contribution in [2.75, 3.05) is 13.2 Å². The minimum Gasteiger partial charge on any atom is -0.396 e. The van der Waals surface area contributed by atoms with Crippen molar-refractivity contribution in [3.05, 3.63) is 11.9 Å². The summed E-state index contributed by atoms with van der Waals surface area (Å²) < 4.78 is 8.17. The van der Waals surface area contributed by atoms with Crippen molar-refractivity contribution in [3.63, 3.8) is 0 Å². The minimum atomic E-state index is 0.110. The van der Waals surface area contributed by atoms with Gasteiger partial charge in [-0.1, -0.05) is 24.5 Å². The number of hydrogen-bond acceptors (Lipinski definition) is 4. The molecule has 1 saturated carbocycles. The van der Waals surface area contributed by atoms with Crippen molar-refractivity contribution in [1.29, 1.82) is 0 Å². The smallest absolute Gasteiger partial charge is 0.0828 e. The summed E-state index contributed by atoms with van der Waals surface area (Å²) in [5.74, 6) is 0. The van der Waals surface area contributed by atoms with Crippen LogP contribution in [-0.2, 0) is 11.2 Å². The SMILES string of the molecule is OCCCc1cn(C2CCOC3(CCCCC3)C2)nn1. The number of aryl methyl sites for hydroxylation is 1. The van der Waals surface area contributed by atoms with Gasteiger partial charge >= 0.3 is 0 Å². The lowest BCUT2D eigenvalue weighted by Crippen LogP contribution is -2.42. The molecule has 1 aromatic heterocycles. The number of aromatic nitrogens is 3. The van der Waals surface area contributed by atoms with Gasteiger partial charge < -0.3 is 9.84 Å². The van der Waals surface area contributed by atoms with Crippen LogP contribution in [0.3, 0.4) is 0 Å². The standard InChI is InChI=1S/C15H25N3O2/c19-9-4-5-13-12-18(17-16-13)14-6-10-20-15(11-14)7-2-1-3-8-15/h12,14,19H,1-11H2. The molecule has 0 amide bonds. The Morgan fingerprint density at radius 1 is 1.35 bits per heavy atom. The number of aliphatic hydroxyl groups is 1. The molecular weight excluding hydrogens is 254 g/mol. The van der Waals surface area contributed by atoms with Crippen LogP contribution in [0.1, 0.15) is 63.1 Å². The molecule has 1 unspecified atom stereocenters. The molecule has 1 atom stereocenters. The van der Waals surface area contributed by atoms with Crippen LogP contribution in [0.4, 0.5) is 0 Å². The molecule has 1 aliphatic carbocycles. The highest BCUT2D eigenvalue weighted by Gasteiger charge is 2.39. The third kappa shape index (κ3) is 3.04. The molecule has 2 fully saturated rings. The Labute approximate surface area is 120 Å². The number of rotatable bonds is 4. The van der Waals surface area contributed by atoms with Crippen LogP contribution in [0.5, 0.6) is 0 Å². The number of hydrogen-bond donors (Lipinski definition) is 1. The summed E-state index contributed by atoms with van der Waals surface area (Å²) >= 11 is 0. The Bertz CT molecular complexity index is 421. The Kier molecular flexibility index (Phi) is 4.36. The molecular formula is C15H25N3O2. The van der Waals surface area contributed by atoms with Crippen molar-refractivity contribution < 1.29 is 9.84 Å². The van der Waals surface area contributed by atoms with E-state index in [-0.39, 0.29) is 12.2 Å². The molecule has 3 rings (SSSR count). The molecule has 5 heteroatoms. The zero-order valence-electron chi connectivity index (χ0n) is 12.1. The van der Waals surface area contributed by atoms with Gasteiger partial charge in [0.2, 0.25) is 0 Å². The lowest BCUT2D eigenvalue weighted by atomic mass is 9.78. The van der Waals surface area contributed by atoms with E-state index in [0.717, 1.165) is 38.0 Å². The molecule has 112 valence electrons. The Morgan fingerprint density at radius 2 is 2.20 bits per heavy atom. The summed E-state index contributed by atoms with van der Waals surface area (Å²) in [7, 11) is 0. The molecule has 2 heterocycles. The van der Waals surface area contributed by atoms with Gasteiger partial charge in [-0.2, -0.15) is 0 Å². The van der Waals surface area contributed by atoms with Crippen LogP contribution in [0, 0.1) is 0 Å². The van der Waals surface area contributed by atoms with Crippen molar-refractivity contribution in [1.82, 2.24) is 15.0 Å². The van der Waals surface area contributed by atoms with Crippen LogP contribution in [0.15, 0.2) is 6.20 Å². The van der Waals surface area contributed by atoms with Gasteiger partial charge in [0.1, 0.15) is 0 Å². The Morgan fingerprint density at radius 3 is 3.00 bits per heavy atom. The van der Waals surface area contributed by atoms with E-state index in [1.165, 1.54) is 32.1 Å². The zero-order valence-corrected chi connectivity index (χ0v) is 12.1. The molecule has 1 N–H and O–H groups in total. The van der Waals surface area contributed by atoms with E-state index < -0.39 is 0 Å². The van der Waals surface area contributed by atoms with E-state index in [1.807, 2.05) is 4.68 Å². The van der Waals surface area contributed by atoms with E-state index in [2.05, 4.69) is 16.5 Å². The fourth-order valence-corrected chi connectivity index (χ4v) is 3.64. The van der Waals surface area contributed by atoms with Crippen LogP contribution >= 0.6 is 0 Å². The quantitative estimate of drug-likeness (QED) is 0.918. The molecule has 20 heavy (non-hydrogen) atoms. The Balaban J connectivity index is 1.65. The first-order valence-electron chi connectivity index (χ1n) is 7.97. The lowest BCUT2D eigenvalue weighted by molar-refractivity contribution is -0.115. The van der Waals surface area contributed by atoms with Crippen molar-refractivity contribution >= 4 is 0 Å². The second-order valence-corrected chi connectivity index (χ2v) is 6.26. The molecule has 2 aliphatic rings. The molecule has 1 saturated heterocycles. The first kappa shape index (κ1) is 14.0. The summed E-state index contributed by atoms with van der Waals surface area (Å²) in [4.78, 5) is 0. The van der Waals surface area contributed by atoms with Gasteiger partial charge in [0, 0.05) is 19.4 Å². The number of ether oxygens (including phenoxy) is 1. The second kappa shape index (κ2) is 6.22. The van der Waals surface area contributed by atoms with Gasteiger partial charge in [0.15, 0.2) is 0 Å². The zero-order chi connectivity index (χ0) is 13.8. The van der Waals surface area contributed by atoms with E-state index in [1.54, 1.807) is 0 Å². The summed E-state index contributed by atoms with van der Waals surface area (Å²) in [6.07, 6.45) is 12.1. The Hall–Kier alpha value is -0.940. The summed E-state index contributed by atoms with van der Waals surface area (Å²) in [6, 6.07) is 0.428. The van der Waals surface area contributed by atoms with Gasteiger partial charge in [0.25, 0.3) is 0 Å². The largest absolute Gasteiger partial charge is 0.396 e. The van der Waals surface area contributed by atoms with Crippen LogP contribution < -0.4 is 0 Å².